The highest BCUT2D eigenvalue weighted by atomic mass is 19.1. The Balaban J connectivity index is 1.56. The van der Waals surface area contributed by atoms with Crippen LogP contribution in [0.2, 0.25) is 0 Å². The summed E-state index contributed by atoms with van der Waals surface area (Å²) in [5.41, 5.74) is 1.70. The van der Waals surface area contributed by atoms with E-state index in [1.165, 1.54) is 18.3 Å². The fourth-order valence-electron chi connectivity index (χ4n) is 2.70. The molecule has 144 valence electrons. The highest BCUT2D eigenvalue weighted by molar-refractivity contribution is 5.92. The number of carbonyl (C=O) groups excluding carboxylic acids is 1. The van der Waals surface area contributed by atoms with E-state index in [-0.39, 0.29) is 18.1 Å². The molecule has 0 fully saturated rings. The summed E-state index contributed by atoms with van der Waals surface area (Å²) in [7, 11) is 1.64. The fourth-order valence-corrected chi connectivity index (χ4v) is 2.70. The van der Waals surface area contributed by atoms with E-state index >= 15 is 0 Å². The summed E-state index contributed by atoms with van der Waals surface area (Å²) in [6, 6.07) is 15.6. The van der Waals surface area contributed by atoms with Gasteiger partial charge in [-0.15, -0.1) is 0 Å². The van der Waals surface area contributed by atoms with Gasteiger partial charge in [-0.2, -0.15) is 0 Å². The van der Waals surface area contributed by atoms with Crippen molar-refractivity contribution in [2.24, 2.45) is 0 Å². The minimum Gasteiger partial charge on any atom is -0.496 e. The molecular formula is C21H21FN4O2. The van der Waals surface area contributed by atoms with Gasteiger partial charge in [0.1, 0.15) is 17.3 Å². The van der Waals surface area contributed by atoms with Crippen molar-refractivity contribution in [3.05, 3.63) is 83.4 Å². The van der Waals surface area contributed by atoms with Gasteiger partial charge in [0.25, 0.3) is 5.91 Å². The molecule has 0 saturated carbocycles. The summed E-state index contributed by atoms with van der Waals surface area (Å²) in [5.74, 6) is 0.433. The first-order valence-corrected chi connectivity index (χ1v) is 8.88. The molecule has 0 spiro atoms. The van der Waals surface area contributed by atoms with Crippen molar-refractivity contribution in [2.75, 3.05) is 19.0 Å². The van der Waals surface area contributed by atoms with Gasteiger partial charge in [-0.25, -0.2) is 14.4 Å². The van der Waals surface area contributed by atoms with Gasteiger partial charge in [0.15, 0.2) is 0 Å². The van der Waals surface area contributed by atoms with Crippen molar-refractivity contribution in [1.29, 1.82) is 0 Å². The molecule has 1 aromatic heterocycles. The summed E-state index contributed by atoms with van der Waals surface area (Å²) in [4.78, 5) is 20.6. The van der Waals surface area contributed by atoms with Crippen LogP contribution in [0.5, 0.6) is 5.75 Å². The van der Waals surface area contributed by atoms with Gasteiger partial charge >= 0.3 is 0 Å². The lowest BCUT2D eigenvalue weighted by atomic mass is 10.1. The fraction of sp³-hybridized carbons (Fsp3) is 0.190. The molecule has 1 heterocycles. The molecule has 1 amide bonds. The van der Waals surface area contributed by atoms with Crippen molar-refractivity contribution in [3.8, 4) is 5.75 Å². The molecule has 3 aromatic rings. The summed E-state index contributed by atoms with van der Waals surface area (Å²) in [5, 5.41) is 5.77. The lowest BCUT2D eigenvalue weighted by molar-refractivity contribution is 0.0945. The first-order chi connectivity index (χ1) is 13.7. The van der Waals surface area contributed by atoms with E-state index < -0.39 is 5.91 Å². The molecule has 28 heavy (non-hydrogen) atoms. The molecule has 0 unspecified atom stereocenters. The third-order valence-corrected chi connectivity index (χ3v) is 4.16. The molecule has 2 N–H and O–H groups in total. The van der Waals surface area contributed by atoms with Crippen LogP contribution in [0.4, 0.5) is 10.3 Å². The lowest BCUT2D eigenvalue weighted by Crippen LogP contribution is -2.24. The molecule has 0 radical (unpaired) electrons. The Kier molecular flexibility index (Phi) is 6.51. The monoisotopic (exact) mass is 380 g/mol. The molecule has 0 aliphatic heterocycles. The van der Waals surface area contributed by atoms with Gasteiger partial charge in [-0.05, 0) is 30.2 Å². The van der Waals surface area contributed by atoms with E-state index in [1.807, 2.05) is 24.3 Å². The second-order valence-electron chi connectivity index (χ2n) is 6.03. The highest BCUT2D eigenvalue weighted by Gasteiger charge is 2.10. The molecule has 6 nitrogen and oxygen atoms in total. The van der Waals surface area contributed by atoms with E-state index in [0.717, 1.165) is 17.7 Å². The molecule has 2 aromatic carbocycles. The SMILES string of the molecule is COc1ccccc1CCNc1nccc(C(=O)NCc2ccccc2F)n1. The van der Waals surface area contributed by atoms with E-state index in [0.29, 0.717) is 18.1 Å². The van der Waals surface area contributed by atoms with Gasteiger partial charge < -0.3 is 15.4 Å². The summed E-state index contributed by atoms with van der Waals surface area (Å²) in [6.07, 6.45) is 2.23. The van der Waals surface area contributed by atoms with E-state index in [9.17, 15) is 9.18 Å². The molecule has 3 rings (SSSR count). The van der Waals surface area contributed by atoms with Gasteiger partial charge in [0.05, 0.1) is 7.11 Å². The number of hydrogen-bond acceptors (Lipinski definition) is 5. The van der Waals surface area contributed by atoms with Crippen LogP contribution in [0.25, 0.3) is 0 Å². The molecule has 7 heteroatoms. The molecule has 0 atom stereocenters. The molecule has 0 saturated heterocycles. The number of halogens is 1. The summed E-state index contributed by atoms with van der Waals surface area (Å²) in [6.45, 7) is 0.673. The average molecular weight is 380 g/mol. The second-order valence-corrected chi connectivity index (χ2v) is 6.03. The standard InChI is InChI=1S/C21H21FN4O2/c1-28-19-9-5-3-6-15(19)10-12-23-21-24-13-11-18(26-21)20(27)25-14-16-7-2-4-8-17(16)22/h2-9,11,13H,10,12,14H2,1H3,(H,25,27)(H,23,24,26). The van der Waals surface area contributed by atoms with Crippen LogP contribution in [0.1, 0.15) is 21.6 Å². The maximum atomic E-state index is 13.6. The van der Waals surface area contributed by atoms with Crippen molar-refractivity contribution >= 4 is 11.9 Å². The number of benzene rings is 2. The third-order valence-electron chi connectivity index (χ3n) is 4.16. The smallest absolute Gasteiger partial charge is 0.270 e. The minimum atomic E-state index is -0.390. The first kappa shape index (κ1) is 19.3. The number of para-hydroxylation sites is 1. The number of methoxy groups -OCH3 is 1. The van der Waals surface area contributed by atoms with E-state index in [2.05, 4.69) is 20.6 Å². The number of rotatable bonds is 8. The normalized spacial score (nSPS) is 10.4. The van der Waals surface area contributed by atoms with E-state index in [4.69, 9.17) is 4.74 Å². The largest absolute Gasteiger partial charge is 0.496 e. The Morgan fingerprint density at radius 2 is 1.82 bits per heavy atom. The van der Waals surface area contributed by atoms with Crippen LogP contribution >= 0.6 is 0 Å². The quantitative estimate of drug-likeness (QED) is 0.628. The van der Waals surface area contributed by atoms with Crippen molar-refractivity contribution in [2.45, 2.75) is 13.0 Å². The Morgan fingerprint density at radius 3 is 2.61 bits per heavy atom. The lowest BCUT2D eigenvalue weighted by Gasteiger charge is -2.10. The Labute approximate surface area is 162 Å². The summed E-state index contributed by atoms with van der Waals surface area (Å²) >= 11 is 0. The molecule has 0 aliphatic rings. The Morgan fingerprint density at radius 1 is 1.07 bits per heavy atom. The van der Waals surface area contributed by atoms with Crippen molar-refractivity contribution in [1.82, 2.24) is 15.3 Å². The van der Waals surface area contributed by atoms with Crippen LogP contribution in [0, 0.1) is 5.82 Å². The van der Waals surface area contributed by atoms with Crippen LogP contribution in [0.3, 0.4) is 0 Å². The molecule has 0 aliphatic carbocycles. The number of nitrogens with zero attached hydrogens (tertiary/aromatic N) is 2. The molecular weight excluding hydrogens is 359 g/mol. The second kappa shape index (κ2) is 9.45. The number of carbonyl (C=O) groups is 1. The third kappa shape index (κ3) is 5.03. The van der Waals surface area contributed by atoms with Gasteiger partial charge in [0.2, 0.25) is 5.95 Å². The number of aromatic nitrogens is 2. The van der Waals surface area contributed by atoms with Crippen LogP contribution in [-0.4, -0.2) is 29.5 Å². The van der Waals surface area contributed by atoms with Gasteiger partial charge in [0, 0.05) is 24.8 Å². The highest BCUT2D eigenvalue weighted by Crippen LogP contribution is 2.17. The summed E-state index contributed by atoms with van der Waals surface area (Å²) < 4.78 is 19.0. The van der Waals surface area contributed by atoms with Crippen LogP contribution in [-0.2, 0) is 13.0 Å². The Bertz CT molecular complexity index is 949. The topological polar surface area (TPSA) is 76.1 Å². The van der Waals surface area contributed by atoms with Crippen molar-refractivity contribution < 1.29 is 13.9 Å². The number of ether oxygens (including phenoxy) is 1. The predicted octanol–water partition coefficient (Wildman–Crippen LogP) is 3.21. The maximum Gasteiger partial charge on any atom is 0.270 e. The average Bonchev–Trinajstić information content (AvgIpc) is 2.73. The number of amides is 1. The zero-order chi connectivity index (χ0) is 19.8. The van der Waals surface area contributed by atoms with Crippen LogP contribution < -0.4 is 15.4 Å². The zero-order valence-electron chi connectivity index (χ0n) is 15.5. The van der Waals surface area contributed by atoms with Gasteiger partial charge in [-0.1, -0.05) is 36.4 Å². The number of anilines is 1. The number of nitrogens with one attached hydrogen (secondary N) is 2. The van der Waals surface area contributed by atoms with Crippen LogP contribution in [0.15, 0.2) is 60.8 Å². The predicted molar refractivity (Wildman–Crippen MR) is 105 cm³/mol. The van der Waals surface area contributed by atoms with Crippen molar-refractivity contribution in [3.63, 3.8) is 0 Å². The van der Waals surface area contributed by atoms with Gasteiger partial charge in [-0.3, -0.25) is 4.79 Å². The Hall–Kier alpha value is -3.48. The number of hydrogen-bond donors (Lipinski definition) is 2. The van der Waals surface area contributed by atoms with E-state index in [1.54, 1.807) is 25.3 Å². The first-order valence-electron chi connectivity index (χ1n) is 8.88. The molecule has 0 bridgehead atoms. The maximum absolute atomic E-state index is 13.6. The zero-order valence-corrected chi connectivity index (χ0v) is 15.5. The minimum absolute atomic E-state index is 0.0894.